The van der Waals surface area contributed by atoms with Crippen molar-refractivity contribution in [2.24, 2.45) is 0 Å². The Morgan fingerprint density at radius 3 is 2.47 bits per heavy atom. The van der Waals surface area contributed by atoms with Crippen molar-refractivity contribution in [2.75, 3.05) is 11.1 Å². The summed E-state index contributed by atoms with van der Waals surface area (Å²) in [7, 11) is 0. The van der Waals surface area contributed by atoms with Gasteiger partial charge in [0, 0.05) is 21.4 Å². The van der Waals surface area contributed by atoms with E-state index < -0.39 is 0 Å². The van der Waals surface area contributed by atoms with Gasteiger partial charge in [-0.25, -0.2) is 0 Å². The van der Waals surface area contributed by atoms with Crippen LogP contribution in [0.1, 0.15) is 15.9 Å². The van der Waals surface area contributed by atoms with Crippen molar-refractivity contribution < 1.29 is 4.79 Å². The number of carbonyl (C=O) groups is 1. The first kappa shape index (κ1) is 13.1. The van der Waals surface area contributed by atoms with Crippen molar-refractivity contribution in [3.8, 4) is 6.07 Å². The number of rotatable bonds is 2. The average Bonchev–Trinajstić information content (AvgIpc) is 2.38. The lowest BCUT2D eigenvalue weighted by atomic mass is 10.1. The number of nitrogens with one attached hydrogen (secondary N) is 1. The van der Waals surface area contributed by atoms with E-state index in [1.165, 1.54) is 0 Å². The van der Waals surface area contributed by atoms with E-state index in [0.29, 0.717) is 22.5 Å². The molecule has 0 spiro atoms. The molecular weight excluding hydrogens is 306 g/mol. The van der Waals surface area contributed by atoms with Gasteiger partial charge in [0.2, 0.25) is 0 Å². The van der Waals surface area contributed by atoms with Gasteiger partial charge in [-0.3, -0.25) is 4.79 Å². The molecule has 2 aromatic carbocycles. The van der Waals surface area contributed by atoms with Gasteiger partial charge in [0.05, 0.1) is 11.6 Å². The van der Waals surface area contributed by atoms with E-state index in [2.05, 4.69) is 21.2 Å². The van der Waals surface area contributed by atoms with Crippen molar-refractivity contribution in [3.63, 3.8) is 0 Å². The Kier molecular flexibility index (Phi) is 3.83. The molecule has 0 saturated carbocycles. The smallest absolute Gasteiger partial charge is 0.255 e. The van der Waals surface area contributed by atoms with Crippen LogP contribution in [0.2, 0.25) is 0 Å². The molecule has 0 aromatic heterocycles. The quantitative estimate of drug-likeness (QED) is 0.835. The summed E-state index contributed by atoms with van der Waals surface area (Å²) in [6.07, 6.45) is 0. The van der Waals surface area contributed by atoms with Crippen LogP contribution in [-0.2, 0) is 0 Å². The standard InChI is InChI=1S/C14H10BrN3O/c15-11-5-10(6-12(17)7-11)14(19)18-13-3-1-9(8-16)2-4-13/h1-7H,17H2,(H,18,19). The Hall–Kier alpha value is -2.32. The lowest BCUT2D eigenvalue weighted by Crippen LogP contribution is -2.12. The highest BCUT2D eigenvalue weighted by molar-refractivity contribution is 9.10. The molecule has 3 N–H and O–H groups in total. The van der Waals surface area contributed by atoms with E-state index in [1.807, 2.05) is 6.07 Å². The molecule has 0 unspecified atom stereocenters. The molecule has 2 rings (SSSR count). The van der Waals surface area contributed by atoms with Crippen LogP contribution < -0.4 is 11.1 Å². The maximum Gasteiger partial charge on any atom is 0.255 e. The van der Waals surface area contributed by atoms with Gasteiger partial charge in [0.25, 0.3) is 5.91 Å². The SMILES string of the molecule is N#Cc1ccc(NC(=O)c2cc(N)cc(Br)c2)cc1. The van der Waals surface area contributed by atoms with Gasteiger partial charge in [-0.15, -0.1) is 0 Å². The van der Waals surface area contributed by atoms with Crippen molar-refractivity contribution in [1.29, 1.82) is 5.26 Å². The van der Waals surface area contributed by atoms with Gasteiger partial charge in [-0.2, -0.15) is 5.26 Å². The number of nitrogens with two attached hydrogens (primary N) is 1. The van der Waals surface area contributed by atoms with Crippen molar-refractivity contribution in [3.05, 3.63) is 58.1 Å². The third-order valence-corrected chi connectivity index (χ3v) is 2.91. The lowest BCUT2D eigenvalue weighted by molar-refractivity contribution is 0.102. The third kappa shape index (κ3) is 3.33. The fourth-order valence-electron chi connectivity index (χ4n) is 1.57. The molecular formula is C14H10BrN3O. The molecule has 0 bridgehead atoms. The Morgan fingerprint density at radius 2 is 1.89 bits per heavy atom. The summed E-state index contributed by atoms with van der Waals surface area (Å²) >= 11 is 3.29. The molecule has 0 fully saturated rings. The van der Waals surface area contributed by atoms with Crippen LogP contribution in [0.3, 0.4) is 0 Å². The normalized spacial score (nSPS) is 9.68. The molecule has 0 atom stereocenters. The first-order valence-electron chi connectivity index (χ1n) is 5.46. The number of carbonyl (C=O) groups excluding carboxylic acids is 1. The highest BCUT2D eigenvalue weighted by atomic mass is 79.9. The predicted molar refractivity (Wildman–Crippen MR) is 77.7 cm³/mol. The number of nitrogens with zero attached hydrogens (tertiary/aromatic N) is 1. The van der Waals surface area contributed by atoms with Crippen LogP contribution in [0, 0.1) is 11.3 Å². The molecule has 19 heavy (non-hydrogen) atoms. The predicted octanol–water partition coefficient (Wildman–Crippen LogP) is 3.16. The first-order chi connectivity index (χ1) is 9.08. The van der Waals surface area contributed by atoms with Crippen LogP contribution >= 0.6 is 15.9 Å². The first-order valence-corrected chi connectivity index (χ1v) is 6.25. The van der Waals surface area contributed by atoms with E-state index in [1.54, 1.807) is 42.5 Å². The molecule has 94 valence electrons. The van der Waals surface area contributed by atoms with Gasteiger partial charge in [0.15, 0.2) is 0 Å². The summed E-state index contributed by atoms with van der Waals surface area (Å²) in [6.45, 7) is 0. The van der Waals surface area contributed by atoms with E-state index >= 15 is 0 Å². The minimum absolute atomic E-state index is 0.252. The number of anilines is 2. The van der Waals surface area contributed by atoms with E-state index in [0.717, 1.165) is 4.47 Å². The molecule has 0 heterocycles. The van der Waals surface area contributed by atoms with E-state index in [9.17, 15) is 4.79 Å². The molecule has 0 aliphatic heterocycles. The summed E-state index contributed by atoms with van der Waals surface area (Å²) in [5, 5.41) is 11.4. The summed E-state index contributed by atoms with van der Waals surface area (Å²) in [5.41, 5.74) is 7.84. The fraction of sp³-hybridized carbons (Fsp3) is 0. The zero-order chi connectivity index (χ0) is 13.8. The molecule has 4 nitrogen and oxygen atoms in total. The molecule has 1 amide bonds. The second-order valence-electron chi connectivity index (χ2n) is 3.92. The van der Waals surface area contributed by atoms with Gasteiger partial charge in [-0.05, 0) is 42.5 Å². The van der Waals surface area contributed by atoms with Crippen LogP contribution in [0.5, 0.6) is 0 Å². The highest BCUT2D eigenvalue weighted by Gasteiger charge is 2.07. The molecule has 2 aromatic rings. The summed E-state index contributed by atoms with van der Waals surface area (Å²) in [5.74, 6) is -0.252. The van der Waals surface area contributed by atoms with Crippen LogP contribution in [0.25, 0.3) is 0 Å². The second-order valence-corrected chi connectivity index (χ2v) is 4.83. The Bertz CT molecular complexity index is 639. The van der Waals surface area contributed by atoms with Gasteiger partial charge in [0.1, 0.15) is 0 Å². The molecule has 5 heteroatoms. The number of nitrogen functional groups attached to an aromatic ring is 1. The van der Waals surface area contributed by atoms with Crippen LogP contribution in [-0.4, -0.2) is 5.91 Å². The van der Waals surface area contributed by atoms with Gasteiger partial charge >= 0.3 is 0 Å². The Labute approximate surface area is 119 Å². The topological polar surface area (TPSA) is 78.9 Å². The largest absolute Gasteiger partial charge is 0.399 e. The average molecular weight is 316 g/mol. The summed E-state index contributed by atoms with van der Waals surface area (Å²) in [4.78, 5) is 12.0. The number of halogens is 1. The summed E-state index contributed by atoms with van der Waals surface area (Å²) in [6, 6.07) is 13.7. The second kappa shape index (κ2) is 5.55. The number of hydrogen-bond donors (Lipinski definition) is 2. The summed E-state index contributed by atoms with van der Waals surface area (Å²) < 4.78 is 0.748. The van der Waals surface area contributed by atoms with Gasteiger partial charge in [-0.1, -0.05) is 15.9 Å². The number of benzene rings is 2. The molecule has 0 aliphatic carbocycles. The number of nitriles is 1. The molecule has 0 saturated heterocycles. The van der Waals surface area contributed by atoms with Gasteiger partial charge < -0.3 is 11.1 Å². The van der Waals surface area contributed by atoms with Crippen molar-refractivity contribution >= 4 is 33.2 Å². The van der Waals surface area contributed by atoms with E-state index in [-0.39, 0.29) is 5.91 Å². The van der Waals surface area contributed by atoms with Crippen molar-refractivity contribution in [2.45, 2.75) is 0 Å². The monoisotopic (exact) mass is 315 g/mol. The van der Waals surface area contributed by atoms with Crippen LogP contribution in [0.15, 0.2) is 46.9 Å². The maximum atomic E-state index is 12.0. The number of amides is 1. The zero-order valence-corrected chi connectivity index (χ0v) is 11.4. The third-order valence-electron chi connectivity index (χ3n) is 2.45. The number of hydrogen-bond acceptors (Lipinski definition) is 3. The fourth-order valence-corrected chi connectivity index (χ4v) is 2.09. The Balaban J connectivity index is 2.18. The highest BCUT2D eigenvalue weighted by Crippen LogP contribution is 2.18. The molecule has 0 aliphatic rings. The Morgan fingerprint density at radius 1 is 1.21 bits per heavy atom. The van der Waals surface area contributed by atoms with E-state index in [4.69, 9.17) is 11.0 Å². The zero-order valence-electron chi connectivity index (χ0n) is 9.85. The van der Waals surface area contributed by atoms with Crippen LogP contribution in [0.4, 0.5) is 11.4 Å². The molecule has 0 radical (unpaired) electrons. The lowest BCUT2D eigenvalue weighted by Gasteiger charge is -2.06. The maximum absolute atomic E-state index is 12.0. The van der Waals surface area contributed by atoms with Crippen molar-refractivity contribution in [1.82, 2.24) is 0 Å². The minimum Gasteiger partial charge on any atom is -0.399 e. The minimum atomic E-state index is -0.252.